The topological polar surface area (TPSA) is 36.1 Å². The third-order valence-corrected chi connectivity index (χ3v) is 1.88. The molecule has 0 aromatic heterocycles. The van der Waals surface area contributed by atoms with Gasteiger partial charge in [0.1, 0.15) is 11.8 Å². The first-order chi connectivity index (χ1) is 4.34. The molecule has 3 heteroatoms. The highest BCUT2D eigenvalue weighted by atomic mass is 79.9. The molecule has 0 fully saturated rings. The average Bonchev–Trinajstić information content (AvgIpc) is 1.89. The summed E-state index contributed by atoms with van der Waals surface area (Å²) in [4.78, 5) is 3.99. The Morgan fingerprint density at radius 2 is 2.67 bits per heavy atom. The first-order valence-electron chi connectivity index (χ1n) is 2.61. The van der Waals surface area contributed by atoms with Gasteiger partial charge in [0.15, 0.2) is 0 Å². The minimum absolute atomic E-state index is 0.132. The normalized spacial score (nSPS) is 24.9. The Balaban J connectivity index is 2.78. The molecular weight excluding hydrogens is 180 g/mol. The van der Waals surface area contributed by atoms with Crippen molar-refractivity contribution in [3.05, 3.63) is 12.3 Å². The first kappa shape index (κ1) is 6.50. The molecule has 46 valence electrons. The van der Waals surface area contributed by atoms with E-state index in [-0.39, 0.29) is 4.83 Å². The zero-order valence-electron chi connectivity index (χ0n) is 4.71. The lowest BCUT2D eigenvalue weighted by atomic mass is 10.2. The van der Waals surface area contributed by atoms with Crippen LogP contribution in [0, 0.1) is 11.3 Å². The Hall–Kier alpha value is -0.620. The first-order valence-corrected chi connectivity index (χ1v) is 3.53. The Kier molecular flexibility index (Phi) is 2.01. The molecular formula is C6H5BrN2. The van der Waals surface area contributed by atoms with Crippen molar-refractivity contribution in [3.8, 4) is 6.07 Å². The second kappa shape index (κ2) is 2.79. The van der Waals surface area contributed by atoms with Gasteiger partial charge in [-0.05, 0) is 6.42 Å². The monoisotopic (exact) mass is 184 g/mol. The van der Waals surface area contributed by atoms with Gasteiger partial charge in [0.05, 0.1) is 4.83 Å². The highest BCUT2D eigenvalue weighted by molar-refractivity contribution is 9.10. The number of aliphatic imine (C=N–C) groups is 1. The van der Waals surface area contributed by atoms with Crippen LogP contribution in [0.3, 0.4) is 0 Å². The summed E-state index contributed by atoms with van der Waals surface area (Å²) in [6, 6.07) is 2.01. The van der Waals surface area contributed by atoms with Crippen molar-refractivity contribution in [1.29, 1.82) is 5.26 Å². The minimum Gasteiger partial charge on any atom is -0.249 e. The van der Waals surface area contributed by atoms with Gasteiger partial charge in [0.25, 0.3) is 0 Å². The van der Waals surface area contributed by atoms with Gasteiger partial charge in [-0.25, -0.2) is 4.99 Å². The molecule has 0 saturated carbocycles. The molecule has 0 spiro atoms. The fourth-order valence-electron chi connectivity index (χ4n) is 0.605. The fourth-order valence-corrected chi connectivity index (χ4v) is 1.04. The Morgan fingerprint density at radius 3 is 3.11 bits per heavy atom. The van der Waals surface area contributed by atoms with Crippen molar-refractivity contribution >= 4 is 21.6 Å². The zero-order chi connectivity index (χ0) is 6.69. The largest absolute Gasteiger partial charge is 0.249 e. The van der Waals surface area contributed by atoms with Crippen molar-refractivity contribution in [1.82, 2.24) is 0 Å². The van der Waals surface area contributed by atoms with E-state index in [1.165, 1.54) is 0 Å². The van der Waals surface area contributed by atoms with Crippen LogP contribution in [0.25, 0.3) is 0 Å². The number of rotatable bonds is 0. The van der Waals surface area contributed by atoms with Gasteiger partial charge in [-0.3, -0.25) is 0 Å². The summed E-state index contributed by atoms with van der Waals surface area (Å²) < 4.78 is 0. The molecule has 0 saturated heterocycles. The molecule has 9 heavy (non-hydrogen) atoms. The molecule has 1 atom stereocenters. The molecule has 1 aliphatic rings. The molecule has 0 aliphatic carbocycles. The summed E-state index contributed by atoms with van der Waals surface area (Å²) in [5, 5.41) is 8.42. The third-order valence-electron chi connectivity index (χ3n) is 1.07. The molecule has 1 aliphatic heterocycles. The SMILES string of the molecule is N#CC1=NC=CCC1Br. The number of halogens is 1. The van der Waals surface area contributed by atoms with Crippen LogP contribution in [0.1, 0.15) is 6.42 Å². The van der Waals surface area contributed by atoms with Gasteiger partial charge >= 0.3 is 0 Å². The van der Waals surface area contributed by atoms with Crippen molar-refractivity contribution in [2.75, 3.05) is 0 Å². The maximum Gasteiger partial charge on any atom is 0.131 e. The highest BCUT2D eigenvalue weighted by Crippen LogP contribution is 2.12. The molecule has 0 radical (unpaired) electrons. The van der Waals surface area contributed by atoms with E-state index in [0.29, 0.717) is 5.71 Å². The maximum absolute atomic E-state index is 8.42. The standard InChI is InChI=1S/C6H5BrN2/c7-5-2-1-3-9-6(5)4-8/h1,3,5H,2H2. The predicted octanol–water partition coefficient (Wildman–Crippen LogP) is 1.63. The van der Waals surface area contributed by atoms with Crippen molar-refractivity contribution in [3.63, 3.8) is 0 Å². The van der Waals surface area contributed by atoms with E-state index in [1.807, 2.05) is 12.1 Å². The fraction of sp³-hybridized carbons (Fsp3) is 0.333. The predicted molar refractivity (Wildman–Crippen MR) is 39.5 cm³/mol. The summed E-state index contributed by atoms with van der Waals surface area (Å²) >= 11 is 3.31. The van der Waals surface area contributed by atoms with E-state index >= 15 is 0 Å². The van der Waals surface area contributed by atoms with Gasteiger partial charge in [0, 0.05) is 6.20 Å². The van der Waals surface area contributed by atoms with Crippen molar-refractivity contribution in [2.45, 2.75) is 11.2 Å². The van der Waals surface area contributed by atoms with Crippen LogP contribution in [0.15, 0.2) is 17.3 Å². The average molecular weight is 185 g/mol. The van der Waals surface area contributed by atoms with Crippen LogP contribution in [0.5, 0.6) is 0 Å². The number of nitriles is 1. The summed E-state index contributed by atoms with van der Waals surface area (Å²) in [6.45, 7) is 0. The Labute approximate surface area is 62.0 Å². The lowest BCUT2D eigenvalue weighted by Crippen LogP contribution is -2.12. The molecule has 1 unspecified atom stereocenters. The summed E-state index contributed by atoms with van der Waals surface area (Å²) in [5.41, 5.74) is 0.567. The summed E-state index contributed by atoms with van der Waals surface area (Å²) in [7, 11) is 0. The van der Waals surface area contributed by atoms with Crippen LogP contribution in [-0.4, -0.2) is 10.5 Å². The molecule has 2 nitrogen and oxygen atoms in total. The Morgan fingerprint density at radius 1 is 1.89 bits per heavy atom. The lowest BCUT2D eigenvalue weighted by Gasteiger charge is -2.05. The van der Waals surface area contributed by atoms with Crippen molar-refractivity contribution < 1.29 is 0 Å². The van der Waals surface area contributed by atoms with Gasteiger partial charge < -0.3 is 0 Å². The molecule has 0 aromatic rings. The lowest BCUT2D eigenvalue weighted by molar-refractivity contribution is 1.10. The smallest absolute Gasteiger partial charge is 0.131 e. The molecule has 0 N–H and O–H groups in total. The van der Waals surface area contributed by atoms with Crippen LogP contribution >= 0.6 is 15.9 Å². The number of allylic oxidation sites excluding steroid dienone is 1. The Bertz CT molecular complexity index is 200. The minimum atomic E-state index is 0.132. The van der Waals surface area contributed by atoms with E-state index in [1.54, 1.807) is 6.20 Å². The molecule has 1 rings (SSSR count). The number of hydrogen-bond acceptors (Lipinski definition) is 2. The molecule has 1 heterocycles. The third kappa shape index (κ3) is 1.39. The van der Waals surface area contributed by atoms with Gasteiger partial charge in [-0.1, -0.05) is 22.0 Å². The molecule has 0 bridgehead atoms. The van der Waals surface area contributed by atoms with Crippen LogP contribution in [-0.2, 0) is 0 Å². The number of hydrogen-bond donors (Lipinski definition) is 0. The van der Waals surface area contributed by atoms with E-state index in [2.05, 4.69) is 20.9 Å². The van der Waals surface area contributed by atoms with Crippen LogP contribution in [0.2, 0.25) is 0 Å². The number of alkyl halides is 1. The van der Waals surface area contributed by atoms with E-state index in [9.17, 15) is 0 Å². The summed E-state index contributed by atoms with van der Waals surface area (Å²) in [6.07, 6.45) is 4.46. The number of nitrogens with zero attached hydrogens (tertiary/aromatic N) is 2. The van der Waals surface area contributed by atoms with E-state index in [4.69, 9.17) is 5.26 Å². The second-order valence-corrected chi connectivity index (χ2v) is 2.82. The molecule has 0 aromatic carbocycles. The van der Waals surface area contributed by atoms with E-state index in [0.717, 1.165) is 6.42 Å². The highest BCUT2D eigenvalue weighted by Gasteiger charge is 2.11. The van der Waals surface area contributed by atoms with Gasteiger partial charge in [-0.15, -0.1) is 0 Å². The van der Waals surface area contributed by atoms with E-state index < -0.39 is 0 Å². The van der Waals surface area contributed by atoms with Crippen LogP contribution < -0.4 is 0 Å². The van der Waals surface area contributed by atoms with Crippen LogP contribution in [0.4, 0.5) is 0 Å². The van der Waals surface area contributed by atoms with Crippen molar-refractivity contribution in [2.24, 2.45) is 4.99 Å². The second-order valence-electron chi connectivity index (χ2n) is 1.71. The summed E-state index contributed by atoms with van der Waals surface area (Å²) in [5.74, 6) is 0. The van der Waals surface area contributed by atoms with Gasteiger partial charge in [0.2, 0.25) is 0 Å². The quantitative estimate of drug-likeness (QED) is 0.528. The maximum atomic E-state index is 8.42. The van der Waals surface area contributed by atoms with Gasteiger partial charge in [-0.2, -0.15) is 5.26 Å². The molecule has 0 amide bonds. The zero-order valence-corrected chi connectivity index (χ0v) is 6.30.